The molecule has 0 N–H and O–H groups in total. The first-order valence-electron chi connectivity index (χ1n) is 3.08. The molecule has 0 fully saturated rings. The van der Waals surface area contributed by atoms with Gasteiger partial charge in [0.25, 0.3) is 0 Å². The van der Waals surface area contributed by atoms with Gasteiger partial charge in [-0.05, 0) is 0 Å². The fourth-order valence-electron chi connectivity index (χ4n) is 0.558. The summed E-state index contributed by atoms with van der Waals surface area (Å²) in [4.78, 5) is 0. The number of unbranched alkanes of at least 4 members (excludes halogenated alkanes) is 3. The van der Waals surface area contributed by atoms with Gasteiger partial charge in [-0.2, -0.15) is 0 Å². The Morgan fingerprint density at radius 1 is 1.22 bits per heavy atom. The molecule has 0 atom stereocenters. The molecule has 0 heterocycles. The van der Waals surface area contributed by atoms with Crippen LogP contribution in [0.2, 0.25) is 5.02 Å². The van der Waals surface area contributed by atoms with E-state index in [4.69, 9.17) is 5.26 Å². The number of halogens is 1. The van der Waals surface area contributed by atoms with Crippen molar-refractivity contribution in [2.24, 2.45) is 0 Å². The number of rotatable bonds is 4. The maximum absolute atomic E-state index is 8.12. The molecule has 48 valence electrons. The fourth-order valence-corrected chi connectivity index (χ4v) is 1.30. The summed E-state index contributed by atoms with van der Waals surface area (Å²) in [5, 5.41) is 9.50. The zero-order valence-electron chi connectivity index (χ0n) is 5.57. The Labute approximate surface area is 77.3 Å². The first-order valence-corrected chi connectivity index (χ1v) is 5.18. The van der Waals surface area contributed by atoms with Crippen LogP contribution in [-0.4, -0.2) is 0 Å². The van der Waals surface area contributed by atoms with Gasteiger partial charge in [-0.25, -0.2) is 0 Å². The Hall–Kier alpha value is 0.593. The summed E-state index contributed by atoms with van der Waals surface area (Å²) in [6, 6.07) is 2.14. The van der Waals surface area contributed by atoms with Crippen LogP contribution >= 0.6 is 0 Å². The van der Waals surface area contributed by atoms with Crippen LogP contribution in [0.4, 0.5) is 0 Å². The van der Waals surface area contributed by atoms with E-state index in [0.29, 0.717) is 0 Å². The number of hydrogen-bond donors (Lipinski definition) is 0. The van der Waals surface area contributed by atoms with Crippen LogP contribution in [-0.2, 0) is 18.3 Å². The molecule has 0 aliphatic carbocycles. The van der Waals surface area contributed by atoms with Crippen LogP contribution < -0.4 is 17.0 Å². The SMILES string of the molecule is N#CCCCC[CH2][Zn+].[Br-]. The molecule has 0 saturated heterocycles. The average molecular weight is 241 g/mol. The summed E-state index contributed by atoms with van der Waals surface area (Å²) >= 11 is 1.41. The predicted octanol–water partition coefficient (Wildman–Crippen LogP) is -0.961. The van der Waals surface area contributed by atoms with Gasteiger partial charge in [-0.1, -0.05) is 0 Å². The van der Waals surface area contributed by atoms with Gasteiger partial charge >= 0.3 is 60.3 Å². The van der Waals surface area contributed by atoms with Crippen LogP contribution in [0.25, 0.3) is 0 Å². The molecule has 1 nitrogen and oxygen atoms in total. The van der Waals surface area contributed by atoms with E-state index in [0.717, 1.165) is 12.8 Å². The molecule has 0 aromatic rings. The van der Waals surface area contributed by atoms with Gasteiger partial charge in [-0.3, -0.25) is 0 Å². The van der Waals surface area contributed by atoms with Crippen molar-refractivity contribution in [2.45, 2.75) is 30.7 Å². The van der Waals surface area contributed by atoms with Gasteiger partial charge in [0.05, 0.1) is 0 Å². The van der Waals surface area contributed by atoms with Gasteiger partial charge in [0.2, 0.25) is 0 Å². The average Bonchev–Trinajstić information content (AvgIpc) is 1.81. The second kappa shape index (κ2) is 11.4. The minimum absolute atomic E-state index is 0. The zero-order chi connectivity index (χ0) is 6.24. The fraction of sp³-hybridized carbons (Fsp3) is 0.833. The summed E-state index contributed by atoms with van der Waals surface area (Å²) in [6.45, 7) is 0. The van der Waals surface area contributed by atoms with Crippen molar-refractivity contribution in [1.82, 2.24) is 0 Å². The van der Waals surface area contributed by atoms with Crippen LogP contribution in [0, 0.1) is 11.3 Å². The Kier molecular flexibility index (Phi) is 15.6. The minimum Gasteiger partial charge on any atom is -1.00 e. The first-order chi connectivity index (χ1) is 3.91. The maximum atomic E-state index is 8.12. The smallest absolute Gasteiger partial charge is 1.00 e. The molecule has 0 bridgehead atoms. The van der Waals surface area contributed by atoms with Crippen molar-refractivity contribution in [2.75, 3.05) is 0 Å². The van der Waals surface area contributed by atoms with E-state index >= 15 is 0 Å². The standard InChI is InChI=1S/C6H10N.BrH.Zn/c1-2-3-4-5-6-7;;/h1-5H2;1H;/q;;+1/p-1. The van der Waals surface area contributed by atoms with E-state index in [-0.39, 0.29) is 17.0 Å². The quantitative estimate of drug-likeness (QED) is 0.459. The summed E-state index contributed by atoms with van der Waals surface area (Å²) < 4.78 is 0. The van der Waals surface area contributed by atoms with Crippen molar-refractivity contribution in [3.63, 3.8) is 0 Å². The Morgan fingerprint density at radius 3 is 2.33 bits per heavy atom. The van der Waals surface area contributed by atoms with Gasteiger partial charge in [0, 0.05) is 0 Å². The third kappa shape index (κ3) is 11.9. The number of nitrogens with zero attached hydrogens (tertiary/aromatic N) is 1. The Balaban J connectivity index is 0. The van der Waals surface area contributed by atoms with Crippen LogP contribution in [0.5, 0.6) is 0 Å². The molecular weight excluding hydrogens is 231 g/mol. The molecular formula is C6H10BrNZn. The van der Waals surface area contributed by atoms with Gasteiger partial charge < -0.3 is 17.0 Å². The van der Waals surface area contributed by atoms with Crippen molar-refractivity contribution < 1.29 is 35.3 Å². The number of hydrogen-bond acceptors (Lipinski definition) is 1. The molecule has 3 heteroatoms. The molecule has 0 aromatic heterocycles. The van der Waals surface area contributed by atoms with Crippen molar-refractivity contribution >= 4 is 0 Å². The van der Waals surface area contributed by atoms with Crippen LogP contribution in [0.3, 0.4) is 0 Å². The van der Waals surface area contributed by atoms with E-state index in [1.165, 1.54) is 36.2 Å². The third-order valence-corrected chi connectivity index (χ3v) is 2.09. The predicted molar refractivity (Wildman–Crippen MR) is 28.9 cm³/mol. The minimum atomic E-state index is 0. The monoisotopic (exact) mass is 239 g/mol. The van der Waals surface area contributed by atoms with Gasteiger partial charge in [0.15, 0.2) is 0 Å². The van der Waals surface area contributed by atoms with Crippen LogP contribution in [0.1, 0.15) is 25.7 Å². The Bertz CT molecular complexity index is 79.6. The van der Waals surface area contributed by atoms with Crippen LogP contribution in [0.15, 0.2) is 0 Å². The largest absolute Gasteiger partial charge is 1.00 e. The first kappa shape index (κ1) is 12.3. The molecule has 0 radical (unpaired) electrons. The van der Waals surface area contributed by atoms with Crippen molar-refractivity contribution in [1.29, 1.82) is 5.26 Å². The summed E-state index contributed by atoms with van der Waals surface area (Å²) in [5.41, 5.74) is 0. The number of nitriles is 1. The van der Waals surface area contributed by atoms with Crippen molar-refractivity contribution in [3.8, 4) is 6.07 Å². The molecule has 0 saturated carbocycles. The third-order valence-electron chi connectivity index (χ3n) is 1.04. The zero-order valence-corrected chi connectivity index (χ0v) is 10.1. The topological polar surface area (TPSA) is 23.8 Å². The maximum Gasteiger partial charge on any atom is -1.00 e. The molecule has 0 aliphatic heterocycles. The van der Waals surface area contributed by atoms with E-state index in [9.17, 15) is 0 Å². The molecule has 0 rings (SSSR count). The molecule has 0 unspecified atom stereocenters. The summed E-state index contributed by atoms with van der Waals surface area (Å²) in [6.07, 6.45) is 4.45. The summed E-state index contributed by atoms with van der Waals surface area (Å²) in [7, 11) is 0. The van der Waals surface area contributed by atoms with E-state index in [1.54, 1.807) is 0 Å². The normalized spacial score (nSPS) is 7.67. The van der Waals surface area contributed by atoms with E-state index < -0.39 is 0 Å². The van der Waals surface area contributed by atoms with Crippen molar-refractivity contribution in [3.05, 3.63) is 0 Å². The summed E-state index contributed by atoms with van der Waals surface area (Å²) in [5.74, 6) is 0. The molecule has 0 aliphatic rings. The van der Waals surface area contributed by atoms with E-state index in [2.05, 4.69) is 6.07 Å². The molecule has 9 heavy (non-hydrogen) atoms. The van der Waals surface area contributed by atoms with E-state index in [1.807, 2.05) is 0 Å². The Morgan fingerprint density at radius 2 is 1.89 bits per heavy atom. The molecule has 0 amide bonds. The van der Waals surface area contributed by atoms with Gasteiger partial charge in [0.1, 0.15) is 0 Å². The molecule has 0 spiro atoms. The second-order valence-corrected chi connectivity index (χ2v) is 3.31. The molecule has 0 aromatic carbocycles. The van der Waals surface area contributed by atoms with Gasteiger partial charge in [-0.15, -0.1) is 0 Å². The second-order valence-electron chi connectivity index (χ2n) is 1.82.